The van der Waals surface area contributed by atoms with Gasteiger partial charge in [0.1, 0.15) is 29.5 Å². The van der Waals surface area contributed by atoms with E-state index in [0.29, 0.717) is 5.75 Å². The molecule has 0 spiro atoms. The fraction of sp³-hybridized carbons (Fsp3) is 0.133. The lowest BCUT2D eigenvalue weighted by Gasteiger charge is -2.11. The van der Waals surface area contributed by atoms with Crippen molar-refractivity contribution in [1.82, 2.24) is 0 Å². The molecule has 2 rings (SSSR count). The van der Waals surface area contributed by atoms with Gasteiger partial charge in [-0.05, 0) is 24.3 Å². The predicted molar refractivity (Wildman–Crippen MR) is 78.9 cm³/mol. The molecule has 0 radical (unpaired) electrons. The Morgan fingerprint density at radius 2 is 2.09 bits per heavy atom. The van der Waals surface area contributed by atoms with Crippen LogP contribution in [-0.2, 0) is 6.61 Å². The molecule has 7 nitrogen and oxygen atoms in total. The smallest absolute Gasteiger partial charge is 0.278 e. The molecule has 0 fully saturated rings. The van der Waals surface area contributed by atoms with Crippen molar-refractivity contribution in [2.45, 2.75) is 6.61 Å². The van der Waals surface area contributed by atoms with Gasteiger partial charge in [-0.3, -0.25) is 14.9 Å². The number of benzene rings is 2. The molecule has 0 aliphatic carbocycles. The Balaban J connectivity index is 2.32. The van der Waals surface area contributed by atoms with Crippen molar-refractivity contribution in [2.24, 2.45) is 5.73 Å². The van der Waals surface area contributed by atoms with Crippen molar-refractivity contribution in [3.8, 4) is 11.5 Å². The molecule has 0 heterocycles. The van der Waals surface area contributed by atoms with E-state index >= 15 is 0 Å². The Kier molecular flexibility index (Phi) is 4.75. The average Bonchev–Trinajstić information content (AvgIpc) is 2.53. The second-order valence-corrected chi connectivity index (χ2v) is 4.51. The highest BCUT2D eigenvalue weighted by molar-refractivity contribution is 5.96. The highest BCUT2D eigenvalue weighted by Gasteiger charge is 2.19. The van der Waals surface area contributed by atoms with Crippen LogP contribution in [0, 0.1) is 15.9 Å². The highest BCUT2D eigenvalue weighted by Crippen LogP contribution is 2.27. The molecule has 2 aromatic carbocycles. The summed E-state index contributed by atoms with van der Waals surface area (Å²) in [7, 11) is 1.42. The van der Waals surface area contributed by atoms with Crippen molar-refractivity contribution in [3.05, 3.63) is 63.5 Å². The highest BCUT2D eigenvalue weighted by atomic mass is 19.1. The van der Waals surface area contributed by atoms with Gasteiger partial charge < -0.3 is 15.2 Å². The Hall–Kier alpha value is -3.16. The standard InChI is InChI=1S/C15H13FN2O5/c1-22-9-5-6-14(10(7-9)15(17)19)23-8-11-12(16)3-2-4-13(11)18(20)21/h2-7H,8H2,1H3,(H2,17,19). The minimum atomic E-state index is -0.770. The molecule has 0 aliphatic heterocycles. The van der Waals surface area contributed by atoms with Gasteiger partial charge in [0.2, 0.25) is 0 Å². The Morgan fingerprint density at radius 3 is 2.70 bits per heavy atom. The number of nitro groups is 1. The van der Waals surface area contributed by atoms with Crippen LogP contribution in [0.4, 0.5) is 10.1 Å². The van der Waals surface area contributed by atoms with Crippen molar-refractivity contribution in [3.63, 3.8) is 0 Å². The number of carbonyl (C=O) groups is 1. The normalized spacial score (nSPS) is 10.2. The first-order valence-electron chi connectivity index (χ1n) is 6.46. The quantitative estimate of drug-likeness (QED) is 0.650. The lowest BCUT2D eigenvalue weighted by molar-refractivity contribution is -0.386. The van der Waals surface area contributed by atoms with Crippen LogP contribution in [0.25, 0.3) is 0 Å². The summed E-state index contributed by atoms with van der Waals surface area (Å²) in [5.41, 5.74) is 4.67. The number of rotatable bonds is 6. The summed E-state index contributed by atoms with van der Waals surface area (Å²) in [6, 6.07) is 7.81. The topological polar surface area (TPSA) is 105 Å². The summed E-state index contributed by atoms with van der Waals surface area (Å²) in [4.78, 5) is 21.7. The third kappa shape index (κ3) is 3.54. The van der Waals surface area contributed by atoms with Crippen LogP contribution in [0.3, 0.4) is 0 Å². The number of ether oxygens (including phenoxy) is 2. The number of amides is 1. The van der Waals surface area contributed by atoms with Gasteiger partial charge in [-0.1, -0.05) is 6.07 Å². The fourth-order valence-corrected chi connectivity index (χ4v) is 1.97. The molecule has 0 saturated carbocycles. The van der Waals surface area contributed by atoms with Crippen molar-refractivity contribution < 1.29 is 23.6 Å². The fourth-order valence-electron chi connectivity index (χ4n) is 1.97. The molecular weight excluding hydrogens is 307 g/mol. The van der Waals surface area contributed by atoms with Gasteiger partial charge in [0.05, 0.1) is 17.6 Å². The second kappa shape index (κ2) is 6.73. The molecule has 1 amide bonds. The van der Waals surface area contributed by atoms with E-state index in [4.69, 9.17) is 15.2 Å². The first-order chi connectivity index (χ1) is 10.9. The molecule has 0 saturated heterocycles. The van der Waals surface area contributed by atoms with Crippen molar-refractivity contribution in [2.75, 3.05) is 7.11 Å². The predicted octanol–water partition coefficient (Wildman–Crippen LogP) is 2.42. The number of hydrogen-bond acceptors (Lipinski definition) is 5. The maximum Gasteiger partial charge on any atom is 0.278 e. The summed E-state index contributed by atoms with van der Waals surface area (Å²) in [5, 5.41) is 10.9. The third-order valence-electron chi connectivity index (χ3n) is 3.12. The number of carbonyl (C=O) groups excluding carboxylic acids is 1. The van der Waals surface area contributed by atoms with E-state index < -0.39 is 28.9 Å². The summed E-state index contributed by atoms with van der Waals surface area (Å²) < 4.78 is 24.1. The molecule has 0 bridgehead atoms. The van der Waals surface area contributed by atoms with Crippen LogP contribution in [-0.4, -0.2) is 17.9 Å². The summed E-state index contributed by atoms with van der Waals surface area (Å²) in [5.74, 6) is -1.06. The van der Waals surface area contributed by atoms with Gasteiger partial charge >= 0.3 is 0 Å². The van der Waals surface area contributed by atoms with Gasteiger partial charge in [-0.15, -0.1) is 0 Å². The second-order valence-electron chi connectivity index (χ2n) is 4.51. The Morgan fingerprint density at radius 1 is 1.35 bits per heavy atom. The third-order valence-corrected chi connectivity index (χ3v) is 3.12. The Labute approximate surface area is 130 Å². The van der Waals surface area contributed by atoms with E-state index in [2.05, 4.69) is 0 Å². The van der Waals surface area contributed by atoms with Gasteiger partial charge in [0.15, 0.2) is 0 Å². The maximum atomic E-state index is 13.8. The first-order valence-corrected chi connectivity index (χ1v) is 6.46. The lowest BCUT2D eigenvalue weighted by atomic mass is 10.1. The van der Waals surface area contributed by atoms with Crippen LogP contribution in [0.1, 0.15) is 15.9 Å². The van der Waals surface area contributed by atoms with E-state index in [1.807, 2.05) is 0 Å². The minimum absolute atomic E-state index is 0.0309. The Bertz CT molecular complexity index is 764. The molecule has 8 heteroatoms. The van der Waals surface area contributed by atoms with Crippen molar-refractivity contribution >= 4 is 11.6 Å². The van der Waals surface area contributed by atoms with Gasteiger partial charge in [-0.2, -0.15) is 0 Å². The average molecular weight is 320 g/mol. The zero-order chi connectivity index (χ0) is 17.0. The van der Waals surface area contributed by atoms with Gasteiger partial charge in [0.25, 0.3) is 11.6 Å². The number of nitrogens with two attached hydrogens (primary N) is 1. The lowest BCUT2D eigenvalue weighted by Crippen LogP contribution is -2.13. The van der Waals surface area contributed by atoms with E-state index in [0.717, 1.165) is 6.07 Å². The molecule has 0 atom stereocenters. The van der Waals surface area contributed by atoms with Gasteiger partial charge in [-0.25, -0.2) is 4.39 Å². The number of nitro benzene ring substituents is 1. The van der Waals surface area contributed by atoms with E-state index in [1.54, 1.807) is 0 Å². The molecule has 0 aliphatic rings. The molecule has 2 aromatic rings. The molecule has 0 unspecified atom stereocenters. The monoisotopic (exact) mass is 320 g/mol. The maximum absolute atomic E-state index is 13.8. The zero-order valence-electron chi connectivity index (χ0n) is 12.1. The SMILES string of the molecule is COc1ccc(OCc2c(F)cccc2[N+](=O)[O-])c(C(N)=O)c1. The number of halogens is 1. The molecule has 0 aromatic heterocycles. The zero-order valence-corrected chi connectivity index (χ0v) is 12.1. The number of nitrogens with zero attached hydrogens (tertiary/aromatic N) is 1. The largest absolute Gasteiger partial charge is 0.497 e. The number of methoxy groups -OCH3 is 1. The first kappa shape index (κ1) is 16.2. The van der Waals surface area contributed by atoms with Crippen LogP contribution < -0.4 is 15.2 Å². The van der Waals surface area contributed by atoms with Crippen LogP contribution in [0.5, 0.6) is 11.5 Å². The number of primary amides is 1. The molecule has 2 N–H and O–H groups in total. The van der Waals surface area contributed by atoms with E-state index in [-0.39, 0.29) is 16.9 Å². The summed E-state index contributed by atoms with van der Waals surface area (Å²) in [6.45, 7) is -0.421. The van der Waals surface area contributed by atoms with Crippen molar-refractivity contribution in [1.29, 1.82) is 0 Å². The van der Waals surface area contributed by atoms with E-state index in [1.165, 1.54) is 37.4 Å². The summed E-state index contributed by atoms with van der Waals surface area (Å²) >= 11 is 0. The number of hydrogen-bond donors (Lipinski definition) is 1. The molecule has 23 heavy (non-hydrogen) atoms. The van der Waals surface area contributed by atoms with Gasteiger partial charge in [0, 0.05) is 6.07 Å². The van der Waals surface area contributed by atoms with E-state index in [9.17, 15) is 19.3 Å². The van der Waals surface area contributed by atoms with Crippen LogP contribution >= 0.6 is 0 Å². The minimum Gasteiger partial charge on any atom is -0.497 e. The molecular formula is C15H13FN2O5. The van der Waals surface area contributed by atoms with Crippen LogP contribution in [0.15, 0.2) is 36.4 Å². The summed E-state index contributed by atoms with van der Waals surface area (Å²) in [6.07, 6.45) is 0. The van der Waals surface area contributed by atoms with Crippen LogP contribution in [0.2, 0.25) is 0 Å². The molecule has 120 valence electrons.